The molecule has 6 nitrogen and oxygen atoms in total. The molecule has 0 unspecified atom stereocenters. The number of aromatic nitrogens is 1. The number of para-hydroxylation sites is 1. The average molecular weight is 471 g/mol. The Balaban J connectivity index is 1.42. The fourth-order valence-electron chi connectivity index (χ4n) is 4.40. The van der Waals surface area contributed by atoms with E-state index >= 15 is 0 Å². The summed E-state index contributed by atoms with van der Waals surface area (Å²) in [5, 5.41) is 3.99. The van der Waals surface area contributed by atoms with E-state index in [2.05, 4.69) is 11.4 Å². The number of urea groups is 1. The van der Waals surface area contributed by atoms with Gasteiger partial charge in [0.15, 0.2) is 5.54 Å². The van der Waals surface area contributed by atoms with Crippen LogP contribution in [0.15, 0.2) is 84.9 Å². The second-order valence-electron chi connectivity index (χ2n) is 8.69. The number of hydrogen-bond acceptors (Lipinski definition) is 5. The number of nitrogens with zero attached hydrogens (tertiary/aromatic N) is 3. The Hall–Kier alpha value is -3.55. The third-order valence-corrected chi connectivity index (χ3v) is 7.65. The van der Waals surface area contributed by atoms with E-state index in [0.717, 1.165) is 26.4 Å². The lowest BCUT2D eigenvalue weighted by Gasteiger charge is -2.29. The van der Waals surface area contributed by atoms with Gasteiger partial charge in [-0.15, -0.1) is 11.3 Å². The largest absolute Gasteiger partial charge is 0.326 e. The zero-order valence-corrected chi connectivity index (χ0v) is 20.0. The maximum atomic E-state index is 13.9. The summed E-state index contributed by atoms with van der Waals surface area (Å²) in [5.74, 6) is -0.240. The van der Waals surface area contributed by atoms with Crippen molar-refractivity contribution in [3.63, 3.8) is 0 Å². The molecule has 1 aliphatic heterocycles. The molecule has 0 spiro atoms. The molecule has 4 aromatic rings. The summed E-state index contributed by atoms with van der Waals surface area (Å²) >= 11 is 1.63. The normalized spacial score (nSPS) is 19.1. The summed E-state index contributed by atoms with van der Waals surface area (Å²) in [6.45, 7) is 2.22. The zero-order chi connectivity index (χ0) is 23.7. The number of amides is 3. The predicted molar refractivity (Wildman–Crippen MR) is 134 cm³/mol. The smallest absolute Gasteiger partial charge is 0.319 e. The molecule has 1 saturated heterocycles. The summed E-state index contributed by atoms with van der Waals surface area (Å²) in [6, 6.07) is 26.9. The third-order valence-electron chi connectivity index (χ3n) is 6.45. The number of imide groups is 1. The van der Waals surface area contributed by atoms with Gasteiger partial charge in [-0.25, -0.2) is 14.7 Å². The Morgan fingerprint density at radius 1 is 0.971 bits per heavy atom. The van der Waals surface area contributed by atoms with Gasteiger partial charge in [-0.1, -0.05) is 72.8 Å². The molecule has 34 heavy (non-hydrogen) atoms. The lowest BCUT2D eigenvalue weighted by atomic mass is 9.83. The minimum absolute atomic E-state index is 0.0566. The highest BCUT2D eigenvalue weighted by atomic mass is 32.1. The topological polar surface area (TPSA) is 65.5 Å². The van der Waals surface area contributed by atoms with Crippen molar-refractivity contribution < 1.29 is 9.59 Å². The molecule has 0 radical (unpaired) electrons. The fraction of sp³-hybridized carbons (Fsp3) is 0.222. The Morgan fingerprint density at radius 3 is 2.32 bits per heavy atom. The average Bonchev–Trinajstić information content (AvgIpc) is 3.40. The van der Waals surface area contributed by atoms with E-state index in [0.29, 0.717) is 6.42 Å². The van der Waals surface area contributed by atoms with Crippen molar-refractivity contribution in [2.75, 3.05) is 13.7 Å². The molecular weight excluding hydrogens is 444 g/mol. The van der Waals surface area contributed by atoms with Crippen LogP contribution in [0.2, 0.25) is 0 Å². The van der Waals surface area contributed by atoms with Crippen LogP contribution in [0, 0.1) is 0 Å². The molecule has 2 heterocycles. The maximum absolute atomic E-state index is 13.9. The molecule has 172 valence electrons. The van der Waals surface area contributed by atoms with Gasteiger partial charge in [0, 0.05) is 6.42 Å². The Bertz CT molecular complexity index is 1290. The van der Waals surface area contributed by atoms with Gasteiger partial charge in [-0.05, 0) is 37.2 Å². The summed E-state index contributed by atoms with van der Waals surface area (Å²) in [7, 11) is 1.91. The van der Waals surface area contributed by atoms with Crippen LogP contribution in [-0.4, -0.2) is 40.4 Å². The molecule has 3 amide bonds. The molecule has 1 fully saturated rings. The standard InChI is InChI=1S/C27H26N4O2S/c1-19(24-28-22-15-9-10-16-23(22)34-24)30(2)18-31-25(32)27(29-26(31)33,21-13-7-4-8-14-21)17-20-11-5-3-6-12-20/h3-16,19H,17-18H2,1-2H3,(H,29,33)/t19-,27+/m1/s1. The first-order valence-electron chi connectivity index (χ1n) is 11.3. The van der Waals surface area contributed by atoms with Gasteiger partial charge < -0.3 is 5.32 Å². The third kappa shape index (κ3) is 3.97. The van der Waals surface area contributed by atoms with E-state index in [1.165, 1.54) is 4.90 Å². The van der Waals surface area contributed by atoms with E-state index in [-0.39, 0.29) is 24.6 Å². The van der Waals surface area contributed by atoms with Crippen molar-refractivity contribution in [1.82, 2.24) is 20.1 Å². The van der Waals surface area contributed by atoms with E-state index in [4.69, 9.17) is 4.98 Å². The number of benzene rings is 3. The van der Waals surface area contributed by atoms with Crippen molar-refractivity contribution in [2.24, 2.45) is 0 Å². The Labute approximate surface area is 202 Å². The van der Waals surface area contributed by atoms with Crippen LogP contribution < -0.4 is 5.32 Å². The molecule has 1 aromatic heterocycles. The Morgan fingerprint density at radius 2 is 1.62 bits per heavy atom. The van der Waals surface area contributed by atoms with Gasteiger partial charge in [-0.3, -0.25) is 9.69 Å². The molecule has 2 atom stereocenters. The minimum atomic E-state index is -1.14. The van der Waals surface area contributed by atoms with Crippen molar-refractivity contribution >= 4 is 33.5 Å². The Kier molecular flexibility index (Phi) is 5.89. The lowest BCUT2D eigenvalue weighted by Crippen LogP contribution is -2.47. The van der Waals surface area contributed by atoms with Crippen molar-refractivity contribution in [3.05, 3.63) is 101 Å². The van der Waals surface area contributed by atoms with Crippen LogP contribution in [-0.2, 0) is 16.8 Å². The highest BCUT2D eigenvalue weighted by Gasteiger charge is 2.52. The van der Waals surface area contributed by atoms with Gasteiger partial charge in [0.05, 0.1) is 22.9 Å². The molecule has 5 rings (SSSR count). The van der Waals surface area contributed by atoms with Crippen LogP contribution in [0.1, 0.15) is 29.1 Å². The number of thiazole rings is 1. The lowest BCUT2D eigenvalue weighted by molar-refractivity contribution is -0.133. The van der Waals surface area contributed by atoms with Crippen LogP contribution in [0.5, 0.6) is 0 Å². The second-order valence-corrected chi connectivity index (χ2v) is 9.75. The van der Waals surface area contributed by atoms with Crippen LogP contribution >= 0.6 is 11.3 Å². The fourth-order valence-corrected chi connectivity index (χ4v) is 5.48. The van der Waals surface area contributed by atoms with Crippen LogP contribution in [0.25, 0.3) is 10.2 Å². The molecule has 1 aliphatic rings. The van der Waals surface area contributed by atoms with Crippen molar-refractivity contribution in [2.45, 2.75) is 24.9 Å². The quantitative estimate of drug-likeness (QED) is 0.389. The van der Waals surface area contributed by atoms with Gasteiger partial charge in [-0.2, -0.15) is 0 Å². The van der Waals surface area contributed by atoms with Crippen LogP contribution in [0.3, 0.4) is 0 Å². The number of nitrogens with one attached hydrogen (secondary N) is 1. The summed E-state index contributed by atoms with van der Waals surface area (Å²) in [6.07, 6.45) is 0.385. The molecule has 3 aromatic carbocycles. The molecule has 0 aliphatic carbocycles. The van der Waals surface area contributed by atoms with E-state index in [1.54, 1.807) is 11.3 Å². The molecule has 0 bridgehead atoms. The second kappa shape index (κ2) is 9.00. The first kappa shape index (κ1) is 22.3. The first-order valence-corrected chi connectivity index (χ1v) is 12.1. The highest BCUT2D eigenvalue weighted by molar-refractivity contribution is 7.18. The molecule has 7 heteroatoms. The minimum Gasteiger partial charge on any atom is -0.319 e. The summed E-state index contributed by atoms with van der Waals surface area (Å²) in [5.41, 5.74) is 1.59. The van der Waals surface area contributed by atoms with E-state index in [1.807, 2.05) is 97.7 Å². The monoisotopic (exact) mass is 470 g/mol. The van der Waals surface area contributed by atoms with Gasteiger partial charge in [0.1, 0.15) is 5.01 Å². The van der Waals surface area contributed by atoms with Crippen molar-refractivity contribution in [3.8, 4) is 0 Å². The van der Waals surface area contributed by atoms with Gasteiger partial charge >= 0.3 is 6.03 Å². The number of hydrogen-bond donors (Lipinski definition) is 1. The van der Waals surface area contributed by atoms with E-state index < -0.39 is 5.54 Å². The van der Waals surface area contributed by atoms with Gasteiger partial charge in [0.2, 0.25) is 0 Å². The van der Waals surface area contributed by atoms with Crippen LogP contribution in [0.4, 0.5) is 4.79 Å². The number of carbonyl (C=O) groups is 2. The summed E-state index contributed by atoms with van der Waals surface area (Å²) in [4.78, 5) is 35.1. The van der Waals surface area contributed by atoms with E-state index in [9.17, 15) is 9.59 Å². The first-order chi connectivity index (χ1) is 16.5. The van der Waals surface area contributed by atoms with Crippen molar-refractivity contribution in [1.29, 1.82) is 0 Å². The zero-order valence-electron chi connectivity index (χ0n) is 19.1. The molecule has 0 saturated carbocycles. The van der Waals surface area contributed by atoms with Gasteiger partial charge in [0.25, 0.3) is 5.91 Å². The SMILES string of the molecule is C[C@H](c1nc2ccccc2s1)N(C)CN1C(=O)N[C@@](Cc2ccccc2)(c2ccccc2)C1=O. The predicted octanol–water partition coefficient (Wildman–Crippen LogP) is 4.94. The number of fused-ring (bicyclic) bond motifs is 1. The summed E-state index contributed by atoms with van der Waals surface area (Å²) < 4.78 is 1.12. The number of rotatable bonds is 7. The molecular formula is C27H26N4O2S. The highest BCUT2D eigenvalue weighted by Crippen LogP contribution is 2.34. The maximum Gasteiger partial charge on any atom is 0.326 e. The number of carbonyl (C=O) groups excluding carboxylic acids is 2. The molecule has 1 N–H and O–H groups in total.